The molecule has 0 radical (unpaired) electrons. The van der Waals surface area contributed by atoms with Gasteiger partial charge in [0.1, 0.15) is 0 Å². The Morgan fingerprint density at radius 1 is 1.05 bits per heavy atom. The molecule has 0 aliphatic heterocycles. The predicted molar refractivity (Wildman–Crippen MR) is 79.9 cm³/mol. The molecule has 0 atom stereocenters. The lowest BCUT2D eigenvalue weighted by atomic mass is 9.73. The van der Waals surface area contributed by atoms with Crippen LogP contribution >= 0.6 is 0 Å². The maximum absolute atomic E-state index is 12.0. The number of hydrogen-bond acceptors (Lipinski definition) is 3. The van der Waals surface area contributed by atoms with Gasteiger partial charge >= 0.3 is 0 Å². The van der Waals surface area contributed by atoms with Gasteiger partial charge in [0.25, 0.3) is 5.91 Å². The van der Waals surface area contributed by atoms with Gasteiger partial charge in [-0.25, -0.2) is 0 Å². The molecule has 0 heterocycles. The smallest absolute Gasteiger partial charge is 0.264 e. The molecule has 0 aromatic rings. The maximum Gasteiger partial charge on any atom is 0.264 e. The summed E-state index contributed by atoms with van der Waals surface area (Å²) in [5.74, 6) is -1.59. The van der Waals surface area contributed by atoms with Crippen molar-refractivity contribution in [2.24, 2.45) is 22.6 Å². The van der Waals surface area contributed by atoms with Crippen LogP contribution in [0.4, 0.5) is 0 Å². The first-order valence-electron chi connectivity index (χ1n) is 6.63. The van der Waals surface area contributed by atoms with Crippen LogP contribution in [0, 0.1) is 16.2 Å². The second-order valence-electron chi connectivity index (χ2n) is 5.53. The van der Waals surface area contributed by atoms with Gasteiger partial charge in [0, 0.05) is 5.41 Å². The SMILES string of the molecule is CCCCCC(C)(C)C(NC(=N)N)(NC(=N)N)C(N)=O. The summed E-state index contributed by atoms with van der Waals surface area (Å²) in [5, 5.41) is 19.9. The molecule has 0 spiro atoms. The molecule has 0 unspecified atom stereocenters. The van der Waals surface area contributed by atoms with Gasteiger partial charge in [0.05, 0.1) is 0 Å². The van der Waals surface area contributed by atoms with E-state index in [-0.39, 0.29) is 0 Å². The molecule has 8 heteroatoms. The van der Waals surface area contributed by atoms with Crippen molar-refractivity contribution >= 4 is 17.8 Å². The number of nitrogens with one attached hydrogen (secondary N) is 4. The molecule has 1 amide bonds. The van der Waals surface area contributed by atoms with E-state index in [0.29, 0.717) is 6.42 Å². The van der Waals surface area contributed by atoms with Crippen molar-refractivity contribution in [1.29, 1.82) is 10.8 Å². The summed E-state index contributed by atoms with van der Waals surface area (Å²) in [6, 6.07) is 0. The van der Waals surface area contributed by atoms with Gasteiger partial charge in [0.15, 0.2) is 17.6 Å². The summed E-state index contributed by atoms with van der Waals surface area (Å²) in [6.07, 6.45) is 3.60. The molecule has 8 nitrogen and oxygen atoms in total. The third-order valence-corrected chi connectivity index (χ3v) is 3.43. The molecule has 10 N–H and O–H groups in total. The van der Waals surface area contributed by atoms with Gasteiger partial charge in [-0.2, -0.15) is 0 Å². The highest BCUT2D eigenvalue weighted by atomic mass is 16.2. The number of amides is 1. The number of nitrogens with two attached hydrogens (primary N) is 3. The van der Waals surface area contributed by atoms with E-state index in [1.807, 2.05) is 13.8 Å². The van der Waals surface area contributed by atoms with E-state index in [4.69, 9.17) is 28.0 Å². The minimum atomic E-state index is -1.57. The molecule has 0 saturated carbocycles. The Hall–Kier alpha value is -1.99. The molecule has 0 fully saturated rings. The molecule has 0 bridgehead atoms. The van der Waals surface area contributed by atoms with Gasteiger partial charge in [0.2, 0.25) is 0 Å². The molecule has 20 heavy (non-hydrogen) atoms. The topological polar surface area (TPSA) is 167 Å². The molecule has 0 saturated heterocycles. The van der Waals surface area contributed by atoms with Crippen molar-refractivity contribution in [2.45, 2.75) is 52.1 Å². The largest absolute Gasteiger partial charge is 0.370 e. The summed E-state index contributed by atoms with van der Waals surface area (Å²) in [6.45, 7) is 5.72. The normalized spacial score (nSPS) is 14.2. The van der Waals surface area contributed by atoms with Crippen LogP contribution in [0.2, 0.25) is 0 Å². The molecular formula is C12H27N7O. The van der Waals surface area contributed by atoms with Crippen molar-refractivity contribution in [1.82, 2.24) is 10.6 Å². The van der Waals surface area contributed by atoms with Crippen LogP contribution in [-0.2, 0) is 4.79 Å². The van der Waals surface area contributed by atoms with Crippen molar-refractivity contribution in [3.8, 4) is 0 Å². The fourth-order valence-corrected chi connectivity index (χ4v) is 2.23. The predicted octanol–water partition coefficient (Wildman–Crippen LogP) is -0.259. The van der Waals surface area contributed by atoms with Crippen LogP contribution < -0.4 is 27.8 Å². The van der Waals surface area contributed by atoms with E-state index in [1.54, 1.807) is 0 Å². The van der Waals surface area contributed by atoms with E-state index in [2.05, 4.69) is 17.6 Å². The molecule has 116 valence electrons. The Balaban J connectivity index is 5.48. The highest BCUT2D eigenvalue weighted by molar-refractivity contribution is 5.94. The van der Waals surface area contributed by atoms with E-state index in [9.17, 15) is 4.79 Å². The Kier molecular flexibility index (Phi) is 6.28. The number of carbonyl (C=O) groups is 1. The van der Waals surface area contributed by atoms with Crippen molar-refractivity contribution in [3.05, 3.63) is 0 Å². The van der Waals surface area contributed by atoms with Gasteiger partial charge in [-0.05, 0) is 6.42 Å². The van der Waals surface area contributed by atoms with Gasteiger partial charge < -0.3 is 27.8 Å². The van der Waals surface area contributed by atoms with Crippen LogP contribution in [0.3, 0.4) is 0 Å². The van der Waals surface area contributed by atoms with Crippen LogP contribution in [0.25, 0.3) is 0 Å². The minimum absolute atomic E-state index is 0.416. The van der Waals surface area contributed by atoms with Gasteiger partial charge in [-0.3, -0.25) is 15.6 Å². The van der Waals surface area contributed by atoms with Crippen molar-refractivity contribution < 1.29 is 4.79 Å². The Labute approximate surface area is 119 Å². The zero-order valence-electron chi connectivity index (χ0n) is 12.5. The Morgan fingerprint density at radius 3 is 1.80 bits per heavy atom. The number of primary amides is 1. The monoisotopic (exact) mass is 285 g/mol. The van der Waals surface area contributed by atoms with Crippen LogP contribution in [0.5, 0.6) is 0 Å². The number of hydrogen-bond donors (Lipinski definition) is 7. The quantitative estimate of drug-likeness (QED) is 0.141. The van der Waals surface area contributed by atoms with Crippen LogP contribution in [0.15, 0.2) is 0 Å². The lowest BCUT2D eigenvalue weighted by molar-refractivity contribution is -0.130. The number of guanidine groups is 2. The van der Waals surface area contributed by atoms with Crippen molar-refractivity contribution in [3.63, 3.8) is 0 Å². The summed E-state index contributed by atoms with van der Waals surface area (Å²) >= 11 is 0. The molecule has 0 aromatic heterocycles. The van der Waals surface area contributed by atoms with Crippen LogP contribution in [-0.4, -0.2) is 23.5 Å². The van der Waals surface area contributed by atoms with Crippen molar-refractivity contribution in [2.75, 3.05) is 0 Å². The summed E-state index contributed by atoms with van der Waals surface area (Å²) in [5.41, 5.74) is 13.9. The maximum atomic E-state index is 12.0. The summed E-state index contributed by atoms with van der Waals surface area (Å²) in [7, 11) is 0. The standard InChI is InChI=1S/C12H27N7O/c1-4-5-6-7-11(2,3)12(8(13)20,18-9(14)15)19-10(16)17/h4-7H2,1-3H3,(H2,13,20)(H4,14,15,18)(H4,16,17,19). The van der Waals surface area contributed by atoms with E-state index in [0.717, 1.165) is 19.3 Å². The third kappa shape index (κ3) is 4.29. The first-order chi connectivity index (χ1) is 9.09. The first-order valence-corrected chi connectivity index (χ1v) is 6.63. The summed E-state index contributed by atoms with van der Waals surface area (Å²) < 4.78 is 0. The fraction of sp³-hybridized carbons (Fsp3) is 0.750. The first kappa shape index (κ1) is 18.0. The summed E-state index contributed by atoms with van der Waals surface area (Å²) in [4.78, 5) is 12.0. The lowest BCUT2D eigenvalue weighted by Crippen LogP contribution is -2.75. The highest BCUT2D eigenvalue weighted by Gasteiger charge is 2.50. The molecule has 0 aliphatic rings. The number of unbranched alkanes of at least 4 members (excludes halogenated alkanes) is 2. The second kappa shape index (κ2) is 6.97. The number of rotatable bonds is 8. The Morgan fingerprint density at radius 2 is 1.50 bits per heavy atom. The molecule has 0 rings (SSSR count). The number of carbonyl (C=O) groups excluding carboxylic acids is 1. The zero-order valence-corrected chi connectivity index (χ0v) is 12.5. The van der Waals surface area contributed by atoms with E-state index < -0.39 is 28.9 Å². The van der Waals surface area contributed by atoms with Crippen LogP contribution in [0.1, 0.15) is 46.5 Å². The molecule has 0 aromatic carbocycles. The van der Waals surface area contributed by atoms with Gasteiger partial charge in [-0.15, -0.1) is 0 Å². The third-order valence-electron chi connectivity index (χ3n) is 3.43. The Bertz CT molecular complexity index is 362. The fourth-order valence-electron chi connectivity index (χ4n) is 2.23. The van der Waals surface area contributed by atoms with E-state index in [1.165, 1.54) is 0 Å². The minimum Gasteiger partial charge on any atom is -0.370 e. The average molecular weight is 285 g/mol. The average Bonchev–Trinajstić information content (AvgIpc) is 2.26. The van der Waals surface area contributed by atoms with E-state index >= 15 is 0 Å². The lowest BCUT2D eigenvalue weighted by Gasteiger charge is -2.45. The highest BCUT2D eigenvalue weighted by Crippen LogP contribution is 2.34. The molecular weight excluding hydrogens is 258 g/mol. The molecule has 0 aliphatic carbocycles. The van der Waals surface area contributed by atoms with Gasteiger partial charge in [-0.1, -0.05) is 40.0 Å². The zero-order chi connectivity index (χ0) is 16.0. The second-order valence-corrected chi connectivity index (χ2v) is 5.53.